The van der Waals surface area contributed by atoms with Crippen molar-refractivity contribution >= 4 is 0 Å². The van der Waals surface area contributed by atoms with Crippen molar-refractivity contribution in [2.24, 2.45) is 0 Å². The van der Waals surface area contributed by atoms with Crippen LogP contribution in [0.2, 0.25) is 0 Å². The summed E-state index contributed by atoms with van der Waals surface area (Å²) in [6.45, 7) is 4.31. The molecule has 0 spiro atoms. The van der Waals surface area contributed by atoms with Gasteiger partial charge in [-0.2, -0.15) is 0 Å². The molecule has 0 amide bonds. The molecular weight excluding hydrogens is 148 g/mol. The van der Waals surface area contributed by atoms with Crippen molar-refractivity contribution in [3.8, 4) is 5.75 Å². The number of rotatable bonds is 3. The maximum Gasteiger partial charge on any atom is 0.119 e. The molecule has 0 saturated heterocycles. The summed E-state index contributed by atoms with van der Waals surface area (Å²) in [6, 6.07) is 7.58. The molecule has 0 aliphatic carbocycles. The van der Waals surface area contributed by atoms with Crippen LogP contribution in [0, 0.1) is 0 Å². The van der Waals surface area contributed by atoms with Crippen LogP contribution in [0.4, 0.5) is 0 Å². The van der Waals surface area contributed by atoms with E-state index in [0.717, 1.165) is 18.4 Å². The summed E-state index contributed by atoms with van der Waals surface area (Å²) in [4.78, 5) is 0. The molecule has 66 valence electrons. The molecule has 1 heteroatoms. The molecule has 0 fully saturated rings. The van der Waals surface area contributed by atoms with Crippen LogP contribution in [0.5, 0.6) is 5.75 Å². The highest BCUT2D eigenvalue weighted by atomic mass is 16.3. The number of phenols is 1. The third kappa shape index (κ3) is 2.00. The average Bonchev–Trinajstić information content (AvgIpc) is 2.05. The minimum Gasteiger partial charge on any atom is -0.508 e. The highest BCUT2D eigenvalue weighted by Crippen LogP contribution is 2.27. The van der Waals surface area contributed by atoms with Gasteiger partial charge in [-0.25, -0.2) is 0 Å². The van der Waals surface area contributed by atoms with Gasteiger partial charge in [-0.1, -0.05) is 38.5 Å². The van der Waals surface area contributed by atoms with Crippen molar-refractivity contribution in [3.05, 3.63) is 29.8 Å². The third-order valence-electron chi connectivity index (χ3n) is 2.19. The van der Waals surface area contributed by atoms with Crippen molar-refractivity contribution in [1.82, 2.24) is 0 Å². The summed E-state index contributed by atoms with van der Waals surface area (Å²) in [7, 11) is 0. The Labute approximate surface area is 74.1 Å². The summed E-state index contributed by atoms with van der Waals surface area (Å²) in [5.74, 6) is 0.898. The number of hydrogen-bond acceptors (Lipinski definition) is 1. The van der Waals surface area contributed by atoms with Crippen LogP contribution in [-0.2, 0) is 0 Å². The topological polar surface area (TPSA) is 20.2 Å². The lowest BCUT2D eigenvalue weighted by molar-refractivity contribution is 0.460. The van der Waals surface area contributed by atoms with E-state index in [4.69, 9.17) is 0 Å². The fourth-order valence-corrected chi connectivity index (χ4v) is 1.49. The van der Waals surface area contributed by atoms with Crippen molar-refractivity contribution in [3.63, 3.8) is 0 Å². The lowest BCUT2D eigenvalue weighted by atomic mass is 9.96. The smallest absolute Gasteiger partial charge is 0.119 e. The van der Waals surface area contributed by atoms with Crippen LogP contribution in [0.3, 0.4) is 0 Å². The first-order chi connectivity index (χ1) is 5.75. The Morgan fingerprint density at radius 3 is 2.58 bits per heavy atom. The monoisotopic (exact) mass is 164 g/mol. The summed E-state index contributed by atoms with van der Waals surface area (Å²) in [5.41, 5.74) is 1.07. The van der Waals surface area contributed by atoms with Crippen LogP contribution >= 0.6 is 0 Å². The standard InChI is InChI=1S/C11H16O/c1-3-6-9(2)10-7-4-5-8-11(10)12/h4-5,7-9,12H,3,6H2,1-2H3/t9-/m1/s1. The molecule has 0 heterocycles. The number of phenolic OH excluding ortho intramolecular Hbond substituents is 1. The summed E-state index contributed by atoms with van der Waals surface area (Å²) >= 11 is 0. The molecule has 1 aromatic rings. The molecule has 1 atom stereocenters. The zero-order valence-electron chi connectivity index (χ0n) is 7.75. The normalized spacial score (nSPS) is 12.8. The number of benzene rings is 1. The predicted octanol–water partition coefficient (Wildman–Crippen LogP) is 3.30. The van der Waals surface area contributed by atoms with Gasteiger partial charge in [0.15, 0.2) is 0 Å². The first-order valence-electron chi connectivity index (χ1n) is 4.53. The number of aromatic hydroxyl groups is 1. The van der Waals surface area contributed by atoms with Gasteiger partial charge in [-0.15, -0.1) is 0 Å². The van der Waals surface area contributed by atoms with Crippen molar-refractivity contribution < 1.29 is 5.11 Å². The average molecular weight is 164 g/mol. The van der Waals surface area contributed by atoms with Crippen LogP contribution in [0.1, 0.15) is 38.2 Å². The highest BCUT2D eigenvalue weighted by molar-refractivity contribution is 5.34. The third-order valence-corrected chi connectivity index (χ3v) is 2.19. The largest absolute Gasteiger partial charge is 0.508 e. The number of hydrogen-bond donors (Lipinski definition) is 1. The van der Waals surface area contributed by atoms with Gasteiger partial charge in [0.25, 0.3) is 0 Å². The summed E-state index contributed by atoms with van der Waals surface area (Å²) in [6.07, 6.45) is 2.30. The van der Waals surface area contributed by atoms with Gasteiger partial charge in [0.2, 0.25) is 0 Å². The summed E-state index contributed by atoms with van der Waals surface area (Å²) in [5, 5.41) is 9.51. The molecule has 1 N–H and O–H groups in total. The minimum atomic E-state index is 0.429. The van der Waals surface area contributed by atoms with Gasteiger partial charge >= 0.3 is 0 Å². The zero-order chi connectivity index (χ0) is 8.97. The van der Waals surface area contributed by atoms with Crippen LogP contribution < -0.4 is 0 Å². The zero-order valence-corrected chi connectivity index (χ0v) is 7.75. The Bertz CT molecular complexity index is 243. The highest BCUT2D eigenvalue weighted by Gasteiger charge is 2.07. The first-order valence-corrected chi connectivity index (χ1v) is 4.53. The van der Waals surface area contributed by atoms with Crippen LogP contribution in [0.25, 0.3) is 0 Å². The first kappa shape index (κ1) is 9.11. The molecule has 1 rings (SSSR count). The Morgan fingerprint density at radius 1 is 1.33 bits per heavy atom. The van der Waals surface area contributed by atoms with Gasteiger partial charge in [-0.05, 0) is 24.0 Å². The Morgan fingerprint density at radius 2 is 2.00 bits per heavy atom. The Hall–Kier alpha value is -0.980. The molecule has 0 aromatic heterocycles. The van der Waals surface area contributed by atoms with Crippen molar-refractivity contribution in [1.29, 1.82) is 0 Å². The molecule has 0 saturated carbocycles. The van der Waals surface area contributed by atoms with E-state index >= 15 is 0 Å². The van der Waals surface area contributed by atoms with Gasteiger partial charge in [0.05, 0.1) is 0 Å². The molecule has 0 unspecified atom stereocenters. The van der Waals surface area contributed by atoms with Crippen LogP contribution in [-0.4, -0.2) is 5.11 Å². The van der Waals surface area contributed by atoms with E-state index in [-0.39, 0.29) is 0 Å². The van der Waals surface area contributed by atoms with E-state index in [1.165, 1.54) is 0 Å². The van der Waals surface area contributed by atoms with Gasteiger partial charge in [-0.3, -0.25) is 0 Å². The second kappa shape index (κ2) is 4.15. The van der Waals surface area contributed by atoms with Crippen molar-refractivity contribution in [2.75, 3.05) is 0 Å². The van der Waals surface area contributed by atoms with Gasteiger partial charge in [0, 0.05) is 0 Å². The Kier molecular flexibility index (Phi) is 3.15. The minimum absolute atomic E-state index is 0.429. The van der Waals surface area contributed by atoms with E-state index in [1.54, 1.807) is 6.07 Å². The molecule has 0 radical (unpaired) electrons. The van der Waals surface area contributed by atoms with E-state index in [9.17, 15) is 5.11 Å². The quantitative estimate of drug-likeness (QED) is 0.726. The van der Waals surface area contributed by atoms with Gasteiger partial charge < -0.3 is 5.11 Å². The number of para-hydroxylation sites is 1. The van der Waals surface area contributed by atoms with Crippen LogP contribution in [0.15, 0.2) is 24.3 Å². The second-order valence-electron chi connectivity index (χ2n) is 3.25. The van der Waals surface area contributed by atoms with E-state index in [1.807, 2.05) is 18.2 Å². The maximum atomic E-state index is 9.51. The van der Waals surface area contributed by atoms with Crippen molar-refractivity contribution in [2.45, 2.75) is 32.6 Å². The van der Waals surface area contributed by atoms with E-state index < -0.39 is 0 Å². The Balaban J connectivity index is 2.79. The second-order valence-corrected chi connectivity index (χ2v) is 3.25. The molecule has 0 aliphatic rings. The molecule has 1 aromatic carbocycles. The molecule has 0 bridgehead atoms. The van der Waals surface area contributed by atoms with E-state index in [0.29, 0.717) is 11.7 Å². The lowest BCUT2D eigenvalue weighted by Gasteiger charge is -2.11. The van der Waals surface area contributed by atoms with E-state index in [2.05, 4.69) is 13.8 Å². The molecule has 1 nitrogen and oxygen atoms in total. The fourth-order valence-electron chi connectivity index (χ4n) is 1.49. The predicted molar refractivity (Wildman–Crippen MR) is 51.4 cm³/mol. The lowest BCUT2D eigenvalue weighted by Crippen LogP contribution is -1.92. The summed E-state index contributed by atoms with van der Waals surface area (Å²) < 4.78 is 0. The maximum absolute atomic E-state index is 9.51. The fraction of sp³-hybridized carbons (Fsp3) is 0.455. The molecule has 12 heavy (non-hydrogen) atoms. The molecule has 0 aliphatic heterocycles. The van der Waals surface area contributed by atoms with Gasteiger partial charge in [0.1, 0.15) is 5.75 Å². The SMILES string of the molecule is CCC[C@@H](C)c1ccccc1O. The molecular formula is C11H16O.